The Morgan fingerprint density at radius 2 is 2.04 bits per heavy atom. The van der Waals surface area contributed by atoms with Gasteiger partial charge >= 0.3 is 0 Å². The standard InChI is InChI=1S/C18H22N4O2/c1-14(23)19-11-18(24)21-10-8-17-16(12-21)20-13-22(17)9-7-15-5-3-2-4-6-15/h2-6,13H,7-12H2,1H3,(H,19,23). The number of imidazole rings is 1. The average Bonchev–Trinajstić information content (AvgIpc) is 3.01. The van der Waals surface area contributed by atoms with Crippen LogP contribution < -0.4 is 5.32 Å². The van der Waals surface area contributed by atoms with Gasteiger partial charge in [0.25, 0.3) is 0 Å². The lowest BCUT2D eigenvalue weighted by Gasteiger charge is -2.27. The van der Waals surface area contributed by atoms with Crippen LogP contribution in [0.25, 0.3) is 0 Å². The van der Waals surface area contributed by atoms with Gasteiger partial charge in [-0.1, -0.05) is 30.3 Å². The fourth-order valence-corrected chi connectivity index (χ4v) is 2.98. The highest BCUT2D eigenvalue weighted by atomic mass is 16.2. The largest absolute Gasteiger partial charge is 0.347 e. The molecule has 6 nitrogen and oxygen atoms in total. The highest BCUT2D eigenvalue weighted by Crippen LogP contribution is 2.18. The molecular formula is C18H22N4O2. The van der Waals surface area contributed by atoms with E-state index in [4.69, 9.17) is 0 Å². The van der Waals surface area contributed by atoms with Crippen LogP contribution in [-0.2, 0) is 35.5 Å². The first kappa shape index (κ1) is 16.2. The van der Waals surface area contributed by atoms with Crippen LogP contribution in [-0.4, -0.2) is 39.4 Å². The van der Waals surface area contributed by atoms with Crippen molar-refractivity contribution in [2.75, 3.05) is 13.1 Å². The number of hydrogen-bond acceptors (Lipinski definition) is 3. The van der Waals surface area contributed by atoms with Gasteiger partial charge in [0, 0.05) is 32.1 Å². The quantitative estimate of drug-likeness (QED) is 0.896. The first-order valence-corrected chi connectivity index (χ1v) is 8.22. The van der Waals surface area contributed by atoms with Gasteiger partial charge in [-0.2, -0.15) is 0 Å². The van der Waals surface area contributed by atoms with E-state index in [1.54, 1.807) is 4.90 Å². The van der Waals surface area contributed by atoms with Crippen molar-refractivity contribution < 1.29 is 9.59 Å². The second-order valence-corrected chi connectivity index (χ2v) is 6.04. The number of carbonyl (C=O) groups excluding carboxylic acids is 2. The Bertz CT molecular complexity index is 724. The maximum absolute atomic E-state index is 12.1. The highest BCUT2D eigenvalue weighted by Gasteiger charge is 2.24. The van der Waals surface area contributed by atoms with Gasteiger partial charge < -0.3 is 14.8 Å². The van der Waals surface area contributed by atoms with E-state index in [1.165, 1.54) is 18.2 Å². The van der Waals surface area contributed by atoms with E-state index in [1.807, 2.05) is 12.4 Å². The maximum atomic E-state index is 12.1. The van der Waals surface area contributed by atoms with Crippen LogP contribution in [0.15, 0.2) is 36.7 Å². The lowest BCUT2D eigenvalue weighted by atomic mass is 10.1. The summed E-state index contributed by atoms with van der Waals surface area (Å²) < 4.78 is 2.19. The van der Waals surface area contributed by atoms with E-state index < -0.39 is 0 Å². The molecule has 1 aromatic heterocycles. The average molecular weight is 326 g/mol. The summed E-state index contributed by atoms with van der Waals surface area (Å²) in [5, 5.41) is 2.55. The summed E-state index contributed by atoms with van der Waals surface area (Å²) in [6.07, 6.45) is 3.64. The highest BCUT2D eigenvalue weighted by molar-refractivity contribution is 5.83. The predicted octanol–water partition coefficient (Wildman–Crippen LogP) is 1.15. The lowest BCUT2D eigenvalue weighted by molar-refractivity contribution is -0.133. The minimum Gasteiger partial charge on any atom is -0.347 e. The number of amides is 2. The van der Waals surface area contributed by atoms with Gasteiger partial charge in [0.15, 0.2) is 0 Å². The molecule has 2 aromatic rings. The van der Waals surface area contributed by atoms with Gasteiger partial charge in [-0.05, 0) is 12.0 Å². The zero-order valence-electron chi connectivity index (χ0n) is 13.9. The first-order chi connectivity index (χ1) is 11.6. The molecule has 0 unspecified atom stereocenters. The minimum absolute atomic E-state index is 0.0549. The summed E-state index contributed by atoms with van der Waals surface area (Å²) >= 11 is 0. The van der Waals surface area contributed by atoms with Crippen molar-refractivity contribution in [3.05, 3.63) is 53.6 Å². The van der Waals surface area contributed by atoms with Crippen molar-refractivity contribution >= 4 is 11.8 Å². The molecule has 1 aliphatic rings. The predicted molar refractivity (Wildman–Crippen MR) is 90.2 cm³/mol. The summed E-state index contributed by atoms with van der Waals surface area (Å²) in [7, 11) is 0. The first-order valence-electron chi connectivity index (χ1n) is 8.22. The molecule has 0 spiro atoms. The van der Waals surface area contributed by atoms with E-state index in [9.17, 15) is 9.59 Å². The normalized spacial score (nSPS) is 13.5. The Kier molecular flexibility index (Phi) is 4.93. The maximum Gasteiger partial charge on any atom is 0.242 e. The number of hydrogen-bond donors (Lipinski definition) is 1. The van der Waals surface area contributed by atoms with Crippen molar-refractivity contribution in [3.8, 4) is 0 Å². The van der Waals surface area contributed by atoms with E-state index in [2.05, 4.69) is 39.1 Å². The van der Waals surface area contributed by atoms with E-state index in [0.29, 0.717) is 13.1 Å². The molecule has 2 amide bonds. The number of aromatic nitrogens is 2. The zero-order valence-corrected chi connectivity index (χ0v) is 13.9. The number of rotatable bonds is 5. The molecule has 1 aliphatic heterocycles. The fraction of sp³-hybridized carbons (Fsp3) is 0.389. The van der Waals surface area contributed by atoms with Gasteiger partial charge in [-0.25, -0.2) is 4.98 Å². The van der Waals surface area contributed by atoms with Crippen molar-refractivity contribution in [3.63, 3.8) is 0 Å². The summed E-state index contributed by atoms with van der Waals surface area (Å²) in [6, 6.07) is 10.4. The number of nitrogens with one attached hydrogen (secondary N) is 1. The number of aryl methyl sites for hydroxylation is 2. The summed E-state index contributed by atoms with van der Waals surface area (Å²) in [4.78, 5) is 29.3. The van der Waals surface area contributed by atoms with Crippen molar-refractivity contribution in [2.45, 2.75) is 32.9 Å². The monoisotopic (exact) mass is 326 g/mol. The topological polar surface area (TPSA) is 67.2 Å². The molecule has 126 valence electrons. The third kappa shape index (κ3) is 3.82. The summed E-state index contributed by atoms with van der Waals surface area (Å²) in [6.45, 7) is 3.55. The molecule has 0 radical (unpaired) electrons. The number of nitrogens with zero attached hydrogens (tertiary/aromatic N) is 3. The Hall–Kier alpha value is -2.63. The van der Waals surface area contributed by atoms with Gasteiger partial charge in [-0.3, -0.25) is 9.59 Å². The molecule has 2 heterocycles. The van der Waals surface area contributed by atoms with Crippen LogP contribution in [0, 0.1) is 0 Å². The number of fused-ring (bicyclic) bond motifs is 1. The van der Waals surface area contributed by atoms with Crippen LogP contribution in [0.1, 0.15) is 23.9 Å². The third-order valence-corrected chi connectivity index (χ3v) is 4.32. The molecule has 24 heavy (non-hydrogen) atoms. The molecule has 0 aliphatic carbocycles. The van der Waals surface area contributed by atoms with E-state index in [-0.39, 0.29) is 18.4 Å². The number of carbonyl (C=O) groups is 2. The minimum atomic E-state index is -0.189. The Morgan fingerprint density at radius 1 is 1.25 bits per heavy atom. The van der Waals surface area contributed by atoms with Gasteiger partial charge in [-0.15, -0.1) is 0 Å². The number of benzene rings is 1. The molecule has 3 rings (SSSR count). The van der Waals surface area contributed by atoms with Gasteiger partial charge in [0.2, 0.25) is 11.8 Å². The Morgan fingerprint density at radius 3 is 2.79 bits per heavy atom. The smallest absolute Gasteiger partial charge is 0.242 e. The van der Waals surface area contributed by atoms with Crippen LogP contribution in [0.5, 0.6) is 0 Å². The third-order valence-electron chi connectivity index (χ3n) is 4.32. The molecular weight excluding hydrogens is 304 g/mol. The van der Waals surface area contributed by atoms with Crippen LogP contribution in [0.3, 0.4) is 0 Å². The van der Waals surface area contributed by atoms with E-state index in [0.717, 1.165) is 25.1 Å². The van der Waals surface area contributed by atoms with Crippen molar-refractivity contribution in [2.24, 2.45) is 0 Å². The Balaban J connectivity index is 1.60. The van der Waals surface area contributed by atoms with Gasteiger partial charge in [0.05, 0.1) is 25.1 Å². The summed E-state index contributed by atoms with van der Waals surface area (Å²) in [5.74, 6) is -0.249. The van der Waals surface area contributed by atoms with Gasteiger partial charge in [0.1, 0.15) is 0 Å². The molecule has 1 aromatic carbocycles. The fourth-order valence-electron chi connectivity index (χ4n) is 2.98. The summed E-state index contributed by atoms with van der Waals surface area (Å²) in [5.41, 5.74) is 3.49. The second-order valence-electron chi connectivity index (χ2n) is 6.04. The zero-order chi connectivity index (χ0) is 16.9. The van der Waals surface area contributed by atoms with Crippen LogP contribution in [0.2, 0.25) is 0 Å². The van der Waals surface area contributed by atoms with Crippen molar-refractivity contribution in [1.29, 1.82) is 0 Å². The second kappa shape index (κ2) is 7.29. The van der Waals surface area contributed by atoms with Crippen LogP contribution in [0.4, 0.5) is 0 Å². The molecule has 0 bridgehead atoms. The molecule has 0 saturated heterocycles. The molecule has 0 fully saturated rings. The van der Waals surface area contributed by atoms with Crippen molar-refractivity contribution in [1.82, 2.24) is 19.8 Å². The Labute approximate surface area is 141 Å². The molecule has 1 N–H and O–H groups in total. The molecule has 0 atom stereocenters. The molecule has 6 heteroatoms. The SMILES string of the molecule is CC(=O)NCC(=O)N1CCc2c(ncn2CCc2ccccc2)C1. The van der Waals surface area contributed by atoms with Crippen LogP contribution >= 0.6 is 0 Å². The lowest BCUT2D eigenvalue weighted by Crippen LogP contribution is -2.42. The van der Waals surface area contributed by atoms with E-state index >= 15 is 0 Å². The molecule has 0 saturated carbocycles.